The summed E-state index contributed by atoms with van der Waals surface area (Å²) in [6, 6.07) is 3.73. The molecule has 7 heteroatoms. The Hall–Kier alpha value is -2.18. The zero-order valence-electron chi connectivity index (χ0n) is 10.1. The van der Waals surface area contributed by atoms with E-state index in [-0.39, 0.29) is 12.2 Å². The number of carboxylic acids is 1. The van der Waals surface area contributed by atoms with Gasteiger partial charge in [0.25, 0.3) is 0 Å². The predicted molar refractivity (Wildman–Crippen MR) is 65.6 cm³/mol. The number of carboxylic acid groups (broad SMARTS) is 1. The van der Waals surface area contributed by atoms with E-state index in [0.717, 1.165) is 18.9 Å². The van der Waals surface area contributed by atoms with Crippen molar-refractivity contribution >= 4 is 17.3 Å². The summed E-state index contributed by atoms with van der Waals surface area (Å²) in [5.41, 5.74) is -0.635. The first-order chi connectivity index (χ1) is 8.99. The molecule has 19 heavy (non-hydrogen) atoms. The molecule has 0 spiro atoms. The van der Waals surface area contributed by atoms with Crippen molar-refractivity contribution in [2.75, 3.05) is 18.0 Å². The normalized spacial score (nSPS) is 14.2. The topological polar surface area (TPSA) is 83.7 Å². The highest BCUT2D eigenvalue weighted by Crippen LogP contribution is 2.35. The summed E-state index contributed by atoms with van der Waals surface area (Å²) in [7, 11) is 0. The maximum absolute atomic E-state index is 13.5. The molecular formula is C12H13FN2O4. The van der Waals surface area contributed by atoms with E-state index < -0.39 is 22.4 Å². The number of nitro benzene ring substituents is 1. The summed E-state index contributed by atoms with van der Waals surface area (Å²) in [6.45, 7) is 0.0252. The van der Waals surface area contributed by atoms with Gasteiger partial charge < -0.3 is 10.0 Å². The van der Waals surface area contributed by atoms with E-state index in [2.05, 4.69) is 0 Å². The number of para-hydroxylation sites is 1. The Kier molecular flexibility index (Phi) is 3.64. The van der Waals surface area contributed by atoms with Gasteiger partial charge in [0.15, 0.2) is 0 Å². The van der Waals surface area contributed by atoms with E-state index in [1.807, 2.05) is 0 Å². The van der Waals surface area contributed by atoms with Gasteiger partial charge in [0.2, 0.25) is 5.82 Å². The van der Waals surface area contributed by atoms with Gasteiger partial charge in [0.1, 0.15) is 12.2 Å². The highest BCUT2D eigenvalue weighted by atomic mass is 19.1. The average Bonchev–Trinajstić information content (AvgIpc) is 3.10. The Morgan fingerprint density at radius 1 is 1.53 bits per heavy atom. The van der Waals surface area contributed by atoms with Crippen molar-refractivity contribution in [3.05, 3.63) is 34.1 Å². The molecule has 2 rings (SSSR count). The minimum Gasteiger partial charge on any atom is -0.480 e. The van der Waals surface area contributed by atoms with E-state index in [1.165, 1.54) is 17.0 Å². The van der Waals surface area contributed by atoms with Crippen LogP contribution in [-0.2, 0) is 4.79 Å². The summed E-state index contributed by atoms with van der Waals surface area (Å²) in [6.07, 6.45) is 1.94. The van der Waals surface area contributed by atoms with Crippen molar-refractivity contribution in [3.63, 3.8) is 0 Å². The number of rotatable bonds is 6. The number of carbonyl (C=O) groups is 1. The second-order valence-electron chi connectivity index (χ2n) is 4.58. The fourth-order valence-corrected chi connectivity index (χ4v) is 1.96. The molecule has 0 aliphatic heterocycles. The third-order valence-electron chi connectivity index (χ3n) is 2.99. The maximum Gasteiger partial charge on any atom is 0.327 e. The van der Waals surface area contributed by atoms with Gasteiger partial charge in [0, 0.05) is 6.54 Å². The molecule has 1 aliphatic rings. The molecule has 1 aromatic carbocycles. The number of halogens is 1. The zero-order chi connectivity index (χ0) is 14.0. The van der Waals surface area contributed by atoms with Crippen LogP contribution >= 0.6 is 0 Å². The molecule has 1 aliphatic carbocycles. The average molecular weight is 268 g/mol. The molecule has 0 aromatic heterocycles. The third kappa shape index (κ3) is 3.18. The molecule has 1 fully saturated rings. The van der Waals surface area contributed by atoms with E-state index in [9.17, 15) is 19.3 Å². The van der Waals surface area contributed by atoms with Crippen molar-refractivity contribution < 1.29 is 19.2 Å². The minimum absolute atomic E-state index is 0.0271. The highest BCUT2D eigenvalue weighted by Gasteiger charge is 2.30. The molecule has 0 radical (unpaired) electrons. The van der Waals surface area contributed by atoms with Gasteiger partial charge in [-0.3, -0.25) is 14.9 Å². The molecule has 0 atom stereocenters. The van der Waals surface area contributed by atoms with Gasteiger partial charge in [-0.05, 0) is 30.9 Å². The standard InChI is InChI=1S/C12H13FN2O4/c13-9-2-1-3-10(12(9)15(18)19)14(7-11(16)17)6-8-4-5-8/h1-3,8H,4-7H2,(H,16,17). The lowest BCUT2D eigenvalue weighted by Gasteiger charge is -2.22. The van der Waals surface area contributed by atoms with Gasteiger partial charge in [0.05, 0.1) is 4.92 Å². The molecule has 1 aromatic rings. The highest BCUT2D eigenvalue weighted by molar-refractivity contribution is 5.76. The van der Waals surface area contributed by atoms with Crippen molar-refractivity contribution in [3.8, 4) is 0 Å². The van der Waals surface area contributed by atoms with Crippen LogP contribution in [0.4, 0.5) is 15.8 Å². The molecule has 0 heterocycles. The predicted octanol–water partition coefficient (Wildman–Crippen LogP) is 2.03. The van der Waals surface area contributed by atoms with Crippen LogP contribution in [0.2, 0.25) is 0 Å². The van der Waals surface area contributed by atoms with Crippen molar-refractivity contribution in [1.82, 2.24) is 0 Å². The van der Waals surface area contributed by atoms with Crippen LogP contribution in [0, 0.1) is 21.8 Å². The van der Waals surface area contributed by atoms with Gasteiger partial charge in [-0.2, -0.15) is 4.39 Å². The molecular weight excluding hydrogens is 255 g/mol. The van der Waals surface area contributed by atoms with Crippen molar-refractivity contribution in [1.29, 1.82) is 0 Å². The van der Waals surface area contributed by atoms with Gasteiger partial charge in [-0.25, -0.2) is 0 Å². The number of aliphatic carboxylic acids is 1. The van der Waals surface area contributed by atoms with Crippen LogP contribution in [0.15, 0.2) is 18.2 Å². The number of anilines is 1. The first-order valence-corrected chi connectivity index (χ1v) is 5.88. The first kappa shape index (κ1) is 13.3. The van der Waals surface area contributed by atoms with E-state index in [1.54, 1.807) is 0 Å². The third-order valence-corrected chi connectivity index (χ3v) is 2.99. The van der Waals surface area contributed by atoms with Crippen molar-refractivity contribution in [2.45, 2.75) is 12.8 Å². The number of benzene rings is 1. The van der Waals surface area contributed by atoms with E-state index in [4.69, 9.17) is 5.11 Å². The lowest BCUT2D eigenvalue weighted by Crippen LogP contribution is -2.32. The molecule has 0 saturated heterocycles. The van der Waals surface area contributed by atoms with Crippen LogP contribution < -0.4 is 4.90 Å². The number of nitrogens with zero attached hydrogens (tertiary/aromatic N) is 2. The van der Waals surface area contributed by atoms with Crippen LogP contribution in [0.3, 0.4) is 0 Å². The molecule has 6 nitrogen and oxygen atoms in total. The van der Waals surface area contributed by atoms with Crippen LogP contribution in [0.1, 0.15) is 12.8 Å². The summed E-state index contributed by atoms with van der Waals surface area (Å²) in [5.74, 6) is -1.71. The summed E-state index contributed by atoms with van der Waals surface area (Å²) in [5, 5.41) is 19.8. The van der Waals surface area contributed by atoms with Gasteiger partial charge >= 0.3 is 11.7 Å². The lowest BCUT2D eigenvalue weighted by atomic mass is 10.2. The second-order valence-corrected chi connectivity index (χ2v) is 4.58. The summed E-state index contributed by atoms with van der Waals surface area (Å²) >= 11 is 0. The molecule has 102 valence electrons. The number of nitro groups is 1. The smallest absolute Gasteiger partial charge is 0.327 e. The van der Waals surface area contributed by atoms with Gasteiger partial charge in [-0.15, -0.1) is 0 Å². The fraction of sp³-hybridized carbons (Fsp3) is 0.417. The summed E-state index contributed by atoms with van der Waals surface area (Å²) in [4.78, 5) is 22.3. The van der Waals surface area contributed by atoms with E-state index >= 15 is 0 Å². The lowest BCUT2D eigenvalue weighted by molar-refractivity contribution is -0.386. The molecule has 1 N–H and O–H groups in total. The van der Waals surface area contributed by atoms with Gasteiger partial charge in [-0.1, -0.05) is 6.07 Å². The van der Waals surface area contributed by atoms with Crippen LogP contribution in [0.5, 0.6) is 0 Å². The SMILES string of the molecule is O=C(O)CN(CC1CC1)c1cccc(F)c1[N+](=O)[O-]. The minimum atomic E-state index is -1.10. The molecule has 0 unspecified atom stereocenters. The molecule has 0 bridgehead atoms. The number of hydrogen-bond acceptors (Lipinski definition) is 4. The Bertz CT molecular complexity index is 516. The fourth-order valence-electron chi connectivity index (χ4n) is 1.96. The van der Waals surface area contributed by atoms with Crippen LogP contribution in [-0.4, -0.2) is 29.1 Å². The monoisotopic (exact) mass is 268 g/mol. The maximum atomic E-state index is 13.5. The Balaban J connectivity index is 2.36. The molecule has 0 amide bonds. The number of hydrogen-bond donors (Lipinski definition) is 1. The summed E-state index contributed by atoms with van der Waals surface area (Å²) < 4.78 is 13.5. The largest absolute Gasteiger partial charge is 0.480 e. The van der Waals surface area contributed by atoms with E-state index in [0.29, 0.717) is 12.5 Å². The van der Waals surface area contributed by atoms with Crippen molar-refractivity contribution in [2.24, 2.45) is 5.92 Å². The second kappa shape index (κ2) is 5.21. The zero-order valence-corrected chi connectivity index (χ0v) is 10.1. The Morgan fingerprint density at radius 2 is 2.21 bits per heavy atom. The van der Waals surface area contributed by atoms with Crippen LogP contribution in [0.25, 0.3) is 0 Å². The quantitative estimate of drug-likeness (QED) is 0.630. The first-order valence-electron chi connectivity index (χ1n) is 5.88. The Morgan fingerprint density at radius 3 is 2.74 bits per heavy atom. The molecule has 1 saturated carbocycles. The Labute approximate surface area is 108 Å².